The number of hydrogen-bond donors (Lipinski definition) is 2. The summed E-state index contributed by atoms with van der Waals surface area (Å²) in [6.45, 7) is 4.34. The Morgan fingerprint density at radius 3 is 2.93 bits per heavy atom. The Bertz CT molecular complexity index is 324. The number of hydrogen-bond acceptors (Lipinski definition) is 5. The van der Waals surface area contributed by atoms with Crippen molar-refractivity contribution in [2.24, 2.45) is 11.7 Å². The van der Waals surface area contributed by atoms with E-state index in [1.165, 1.54) is 0 Å². The number of carbonyl (C=O) groups is 1. The van der Waals surface area contributed by atoms with Crippen molar-refractivity contribution in [3.8, 4) is 0 Å². The quantitative estimate of drug-likeness (QED) is 0.715. The van der Waals surface area contributed by atoms with Crippen molar-refractivity contribution in [1.82, 2.24) is 15.5 Å². The molecule has 6 heteroatoms. The summed E-state index contributed by atoms with van der Waals surface area (Å²) in [7, 11) is 0. The van der Waals surface area contributed by atoms with Gasteiger partial charge in [-0.15, -0.1) is 0 Å². The van der Waals surface area contributed by atoms with Gasteiger partial charge in [0.1, 0.15) is 0 Å². The first-order chi connectivity index (χ1) is 7.13. The molecular formula is C9H16N4O2. The molecule has 0 aliphatic rings. The number of carbonyl (C=O) groups excluding carboxylic acids is 1. The van der Waals surface area contributed by atoms with Crippen molar-refractivity contribution in [2.75, 3.05) is 6.54 Å². The Balaban J connectivity index is 2.34. The average molecular weight is 212 g/mol. The smallest absolute Gasteiger partial charge is 0.246 e. The molecule has 0 saturated heterocycles. The van der Waals surface area contributed by atoms with E-state index in [1.54, 1.807) is 6.92 Å². The normalized spacial score (nSPS) is 12.5. The van der Waals surface area contributed by atoms with Crippen LogP contribution in [0.4, 0.5) is 0 Å². The monoisotopic (exact) mass is 212 g/mol. The third-order valence-electron chi connectivity index (χ3n) is 2.03. The van der Waals surface area contributed by atoms with Gasteiger partial charge < -0.3 is 15.6 Å². The van der Waals surface area contributed by atoms with Gasteiger partial charge in [-0.3, -0.25) is 4.79 Å². The first-order valence-electron chi connectivity index (χ1n) is 4.90. The first kappa shape index (κ1) is 11.6. The van der Waals surface area contributed by atoms with Gasteiger partial charge in [0.25, 0.3) is 0 Å². The molecule has 1 atom stereocenters. The fourth-order valence-corrected chi connectivity index (χ4v) is 1.13. The van der Waals surface area contributed by atoms with Crippen LogP contribution in [0, 0.1) is 12.8 Å². The highest BCUT2D eigenvalue weighted by Gasteiger charge is 2.12. The van der Waals surface area contributed by atoms with Crippen LogP contribution in [0.5, 0.6) is 0 Å². The topological polar surface area (TPSA) is 94.0 Å². The Hall–Kier alpha value is -1.43. The van der Waals surface area contributed by atoms with Crippen molar-refractivity contribution >= 4 is 5.91 Å². The van der Waals surface area contributed by atoms with Crippen molar-refractivity contribution in [2.45, 2.75) is 26.8 Å². The van der Waals surface area contributed by atoms with E-state index in [9.17, 15) is 4.79 Å². The molecular weight excluding hydrogens is 196 g/mol. The van der Waals surface area contributed by atoms with Crippen LogP contribution in [0.3, 0.4) is 0 Å². The Morgan fingerprint density at radius 1 is 1.67 bits per heavy atom. The molecule has 1 rings (SSSR count). The minimum Gasteiger partial charge on any atom is -0.347 e. The highest BCUT2D eigenvalue weighted by molar-refractivity contribution is 5.78. The lowest BCUT2D eigenvalue weighted by Crippen LogP contribution is -2.30. The second-order valence-corrected chi connectivity index (χ2v) is 3.43. The minimum absolute atomic E-state index is 0.0451. The van der Waals surface area contributed by atoms with Gasteiger partial charge in [-0.05, 0) is 19.9 Å². The summed E-state index contributed by atoms with van der Waals surface area (Å²) in [6.07, 6.45) is 0.675. The number of aromatic nitrogens is 2. The van der Waals surface area contributed by atoms with Gasteiger partial charge in [0, 0.05) is 5.92 Å². The zero-order chi connectivity index (χ0) is 11.3. The summed E-state index contributed by atoms with van der Waals surface area (Å²) < 4.78 is 4.85. The molecule has 0 saturated carbocycles. The first-order valence-corrected chi connectivity index (χ1v) is 4.90. The van der Waals surface area contributed by atoms with Gasteiger partial charge in [-0.2, -0.15) is 4.98 Å². The van der Waals surface area contributed by atoms with E-state index in [0.717, 1.165) is 0 Å². The van der Waals surface area contributed by atoms with Crippen LogP contribution in [0.2, 0.25) is 0 Å². The van der Waals surface area contributed by atoms with E-state index in [-0.39, 0.29) is 18.4 Å². The van der Waals surface area contributed by atoms with Gasteiger partial charge in [-0.25, -0.2) is 0 Å². The lowest BCUT2D eigenvalue weighted by Gasteiger charge is -2.08. The van der Waals surface area contributed by atoms with Gasteiger partial charge >= 0.3 is 0 Å². The molecule has 1 aromatic heterocycles. The minimum atomic E-state index is -0.0842. The highest BCUT2D eigenvalue weighted by Crippen LogP contribution is 2.01. The lowest BCUT2D eigenvalue weighted by molar-refractivity contribution is -0.124. The number of nitrogens with one attached hydrogen (secondary N) is 1. The second kappa shape index (κ2) is 5.45. The highest BCUT2D eigenvalue weighted by atomic mass is 16.5. The van der Waals surface area contributed by atoms with Crippen molar-refractivity contribution in [3.63, 3.8) is 0 Å². The molecule has 0 fully saturated rings. The van der Waals surface area contributed by atoms with E-state index < -0.39 is 0 Å². The van der Waals surface area contributed by atoms with Crippen LogP contribution >= 0.6 is 0 Å². The molecule has 0 aromatic carbocycles. The molecule has 1 unspecified atom stereocenters. The molecule has 1 heterocycles. The Kier molecular flexibility index (Phi) is 4.23. The second-order valence-electron chi connectivity index (χ2n) is 3.43. The van der Waals surface area contributed by atoms with Gasteiger partial charge in [0.05, 0.1) is 6.54 Å². The number of nitrogens with two attached hydrogens (primary N) is 1. The standard InChI is InChI=1S/C9H16N4O2/c1-6(3-4-10)9(14)11-5-8-12-7(2)13-15-8/h6H,3-5,10H2,1-2H3,(H,11,14). The maximum atomic E-state index is 11.5. The van der Waals surface area contributed by atoms with Crippen molar-refractivity contribution in [3.05, 3.63) is 11.7 Å². The van der Waals surface area contributed by atoms with E-state index >= 15 is 0 Å². The molecule has 0 radical (unpaired) electrons. The zero-order valence-electron chi connectivity index (χ0n) is 8.99. The van der Waals surface area contributed by atoms with E-state index in [2.05, 4.69) is 15.5 Å². The molecule has 0 aliphatic carbocycles. The number of aryl methyl sites for hydroxylation is 1. The molecule has 3 N–H and O–H groups in total. The molecule has 0 spiro atoms. The molecule has 1 aromatic rings. The third-order valence-corrected chi connectivity index (χ3v) is 2.03. The lowest BCUT2D eigenvalue weighted by atomic mass is 10.1. The van der Waals surface area contributed by atoms with Crippen LogP contribution < -0.4 is 11.1 Å². The average Bonchev–Trinajstić information content (AvgIpc) is 2.61. The van der Waals surface area contributed by atoms with Crippen LogP contribution in [0.15, 0.2) is 4.52 Å². The van der Waals surface area contributed by atoms with Crippen LogP contribution in [0.1, 0.15) is 25.1 Å². The fourth-order valence-electron chi connectivity index (χ4n) is 1.13. The SMILES string of the molecule is Cc1noc(CNC(=O)C(C)CCN)n1. The maximum Gasteiger partial charge on any atom is 0.246 e. The van der Waals surface area contributed by atoms with Crippen LogP contribution in [0.25, 0.3) is 0 Å². The molecule has 0 aliphatic heterocycles. The summed E-state index contributed by atoms with van der Waals surface area (Å²) in [5, 5.41) is 6.32. The summed E-state index contributed by atoms with van der Waals surface area (Å²) in [5.74, 6) is 0.852. The van der Waals surface area contributed by atoms with Crippen LogP contribution in [-0.4, -0.2) is 22.6 Å². The summed E-state index contributed by atoms with van der Waals surface area (Å²) in [4.78, 5) is 15.4. The summed E-state index contributed by atoms with van der Waals surface area (Å²) in [5.41, 5.74) is 5.36. The number of nitrogens with zero attached hydrogens (tertiary/aromatic N) is 2. The molecule has 0 bridgehead atoms. The molecule has 84 valence electrons. The number of amides is 1. The third kappa shape index (κ3) is 3.67. The van der Waals surface area contributed by atoms with Gasteiger partial charge in [-0.1, -0.05) is 12.1 Å². The summed E-state index contributed by atoms with van der Waals surface area (Å²) in [6, 6.07) is 0. The fraction of sp³-hybridized carbons (Fsp3) is 0.667. The van der Waals surface area contributed by atoms with Crippen LogP contribution in [-0.2, 0) is 11.3 Å². The zero-order valence-corrected chi connectivity index (χ0v) is 8.99. The van der Waals surface area contributed by atoms with E-state index in [0.29, 0.717) is 24.7 Å². The predicted molar refractivity (Wildman–Crippen MR) is 53.7 cm³/mol. The van der Waals surface area contributed by atoms with Gasteiger partial charge in [0.15, 0.2) is 5.82 Å². The maximum absolute atomic E-state index is 11.5. The van der Waals surface area contributed by atoms with E-state index in [4.69, 9.17) is 10.3 Å². The predicted octanol–water partition coefficient (Wildman–Crippen LogP) is -0.0209. The van der Waals surface area contributed by atoms with E-state index in [1.807, 2.05) is 6.92 Å². The molecule has 1 amide bonds. The van der Waals surface area contributed by atoms with Crippen molar-refractivity contribution in [1.29, 1.82) is 0 Å². The van der Waals surface area contributed by atoms with Crippen molar-refractivity contribution < 1.29 is 9.32 Å². The number of rotatable bonds is 5. The Morgan fingerprint density at radius 2 is 2.40 bits per heavy atom. The largest absolute Gasteiger partial charge is 0.347 e. The molecule has 6 nitrogen and oxygen atoms in total. The Labute approximate surface area is 88.2 Å². The summed E-state index contributed by atoms with van der Waals surface area (Å²) >= 11 is 0. The van der Waals surface area contributed by atoms with Gasteiger partial charge in [0.2, 0.25) is 11.8 Å². The molecule has 15 heavy (non-hydrogen) atoms.